The normalized spacial score (nSPS) is 14.4. The van der Waals surface area contributed by atoms with Crippen LogP contribution in [0.25, 0.3) is 11.4 Å². The van der Waals surface area contributed by atoms with Crippen molar-refractivity contribution in [3.8, 4) is 22.9 Å². The van der Waals surface area contributed by atoms with Gasteiger partial charge in [-0.15, -0.1) is 0 Å². The largest absolute Gasteiger partial charge is 0.504 e. The number of benzene rings is 1. The van der Waals surface area contributed by atoms with E-state index in [1.807, 2.05) is 0 Å². The van der Waals surface area contributed by atoms with E-state index in [2.05, 4.69) is 15.5 Å². The minimum Gasteiger partial charge on any atom is -0.504 e. The second-order valence-electron chi connectivity index (χ2n) is 4.88. The fourth-order valence-corrected chi connectivity index (χ4v) is 1.96. The fourth-order valence-electron chi connectivity index (χ4n) is 1.96. The molecule has 1 heterocycles. The van der Waals surface area contributed by atoms with Crippen molar-refractivity contribution in [2.45, 2.75) is 25.3 Å². The lowest BCUT2D eigenvalue weighted by Crippen LogP contribution is -2.19. The van der Waals surface area contributed by atoms with Crippen LogP contribution in [0.5, 0.6) is 11.5 Å². The molecule has 1 aromatic heterocycles. The Morgan fingerprint density at radius 2 is 2.30 bits per heavy atom. The van der Waals surface area contributed by atoms with E-state index in [9.17, 15) is 5.11 Å². The van der Waals surface area contributed by atoms with E-state index in [0.29, 0.717) is 23.5 Å². The molecule has 6 heteroatoms. The van der Waals surface area contributed by atoms with Crippen molar-refractivity contribution in [3.63, 3.8) is 0 Å². The molecule has 0 unspecified atom stereocenters. The van der Waals surface area contributed by atoms with E-state index in [1.54, 1.807) is 18.2 Å². The molecule has 1 aliphatic rings. The third-order valence-corrected chi connectivity index (χ3v) is 3.26. The molecule has 3 rings (SSSR count). The van der Waals surface area contributed by atoms with Crippen LogP contribution in [0.1, 0.15) is 18.7 Å². The van der Waals surface area contributed by atoms with E-state index < -0.39 is 0 Å². The molecule has 2 N–H and O–H groups in total. The quantitative estimate of drug-likeness (QED) is 0.836. The highest BCUT2D eigenvalue weighted by molar-refractivity contribution is 5.60. The maximum absolute atomic E-state index is 9.56. The molecule has 6 nitrogen and oxygen atoms in total. The lowest BCUT2D eigenvalue weighted by molar-refractivity contribution is 0.372. The Hall–Kier alpha value is -2.08. The summed E-state index contributed by atoms with van der Waals surface area (Å²) in [5.74, 6) is 1.60. The molecule has 0 aliphatic heterocycles. The number of hydrogen-bond donors (Lipinski definition) is 2. The molecule has 0 atom stereocenters. The maximum Gasteiger partial charge on any atom is 0.228 e. The van der Waals surface area contributed by atoms with E-state index in [4.69, 9.17) is 9.26 Å². The second kappa shape index (κ2) is 5.50. The standard InChI is InChI=1S/C14H17N3O3/c1-19-12-8-9(2-5-11(12)18)14-16-13(20-17-14)6-7-15-10-3-4-10/h2,5,8,10,15,18H,3-4,6-7H2,1H3. The van der Waals surface area contributed by atoms with Crippen molar-refractivity contribution in [3.05, 3.63) is 24.1 Å². The lowest BCUT2D eigenvalue weighted by atomic mass is 10.2. The number of ether oxygens (including phenoxy) is 1. The highest BCUT2D eigenvalue weighted by Gasteiger charge is 2.20. The number of phenols is 1. The number of nitrogens with one attached hydrogen (secondary N) is 1. The molecule has 0 amide bonds. The van der Waals surface area contributed by atoms with Crippen molar-refractivity contribution >= 4 is 0 Å². The highest BCUT2D eigenvalue weighted by Crippen LogP contribution is 2.30. The van der Waals surface area contributed by atoms with Crippen LogP contribution in [0.4, 0.5) is 0 Å². The molecule has 2 aromatic rings. The topological polar surface area (TPSA) is 80.4 Å². The van der Waals surface area contributed by atoms with Crippen molar-refractivity contribution < 1.29 is 14.4 Å². The second-order valence-corrected chi connectivity index (χ2v) is 4.88. The number of methoxy groups -OCH3 is 1. The Morgan fingerprint density at radius 1 is 1.45 bits per heavy atom. The molecule has 1 aromatic carbocycles. The monoisotopic (exact) mass is 275 g/mol. The molecule has 1 aliphatic carbocycles. The molecule has 20 heavy (non-hydrogen) atoms. The summed E-state index contributed by atoms with van der Waals surface area (Å²) in [4.78, 5) is 4.35. The molecule has 0 radical (unpaired) electrons. The Balaban J connectivity index is 1.68. The average Bonchev–Trinajstić information content (AvgIpc) is 3.16. The summed E-state index contributed by atoms with van der Waals surface area (Å²) in [6, 6.07) is 5.65. The summed E-state index contributed by atoms with van der Waals surface area (Å²) in [6.07, 6.45) is 3.25. The van der Waals surface area contributed by atoms with E-state index in [1.165, 1.54) is 20.0 Å². The van der Waals surface area contributed by atoms with Crippen LogP contribution in [-0.2, 0) is 6.42 Å². The van der Waals surface area contributed by atoms with Gasteiger partial charge in [0.15, 0.2) is 11.5 Å². The van der Waals surface area contributed by atoms with Gasteiger partial charge in [-0.1, -0.05) is 5.16 Å². The predicted octanol–water partition coefficient (Wildman–Crippen LogP) is 1.75. The summed E-state index contributed by atoms with van der Waals surface area (Å²) >= 11 is 0. The Bertz CT molecular complexity index is 593. The first-order valence-corrected chi connectivity index (χ1v) is 6.69. The Kier molecular flexibility index (Phi) is 3.56. The third-order valence-electron chi connectivity index (χ3n) is 3.26. The number of phenolic OH excluding ortho intramolecular Hbond substituents is 1. The van der Waals surface area contributed by atoms with Crippen LogP contribution >= 0.6 is 0 Å². The minimum atomic E-state index is 0.0913. The zero-order valence-electron chi connectivity index (χ0n) is 11.3. The molecule has 0 bridgehead atoms. The van der Waals surface area contributed by atoms with Gasteiger partial charge in [0, 0.05) is 24.6 Å². The zero-order chi connectivity index (χ0) is 13.9. The zero-order valence-corrected chi connectivity index (χ0v) is 11.3. The van der Waals surface area contributed by atoms with E-state index in [0.717, 1.165) is 18.5 Å². The first-order chi connectivity index (χ1) is 9.76. The average molecular weight is 275 g/mol. The summed E-state index contributed by atoms with van der Waals surface area (Å²) in [6.45, 7) is 0.852. The number of aromatic hydroxyl groups is 1. The first-order valence-electron chi connectivity index (χ1n) is 6.69. The fraction of sp³-hybridized carbons (Fsp3) is 0.429. The summed E-state index contributed by atoms with van der Waals surface area (Å²) < 4.78 is 10.3. The molecule has 0 saturated heterocycles. The molecular weight excluding hydrogens is 258 g/mol. The molecule has 1 fully saturated rings. The number of nitrogens with zero attached hydrogens (tertiary/aromatic N) is 2. The van der Waals surface area contributed by atoms with Gasteiger partial charge in [-0.2, -0.15) is 4.98 Å². The molecule has 106 valence electrons. The Labute approximate surface area is 116 Å². The summed E-state index contributed by atoms with van der Waals surface area (Å²) in [5.41, 5.74) is 0.754. The van der Waals surface area contributed by atoms with E-state index in [-0.39, 0.29) is 5.75 Å². The van der Waals surface area contributed by atoms with Crippen molar-refractivity contribution in [2.24, 2.45) is 0 Å². The van der Waals surface area contributed by atoms with Gasteiger partial charge < -0.3 is 19.7 Å². The van der Waals surface area contributed by atoms with Gasteiger partial charge >= 0.3 is 0 Å². The highest BCUT2D eigenvalue weighted by atomic mass is 16.5. The molecular formula is C14H17N3O3. The summed E-state index contributed by atoms with van der Waals surface area (Å²) in [7, 11) is 1.50. The van der Waals surface area contributed by atoms with Crippen molar-refractivity contribution in [2.75, 3.05) is 13.7 Å². The number of aromatic nitrogens is 2. The van der Waals surface area contributed by atoms with Crippen LogP contribution in [0.15, 0.2) is 22.7 Å². The van der Waals surface area contributed by atoms with Gasteiger partial charge in [-0.05, 0) is 31.0 Å². The lowest BCUT2D eigenvalue weighted by Gasteiger charge is -2.03. The van der Waals surface area contributed by atoms with E-state index >= 15 is 0 Å². The van der Waals surface area contributed by atoms with Crippen LogP contribution < -0.4 is 10.1 Å². The van der Waals surface area contributed by atoms with Crippen molar-refractivity contribution in [1.82, 2.24) is 15.5 Å². The smallest absolute Gasteiger partial charge is 0.228 e. The van der Waals surface area contributed by atoms with Gasteiger partial charge in [0.1, 0.15) is 0 Å². The predicted molar refractivity (Wildman–Crippen MR) is 72.7 cm³/mol. The molecule has 1 saturated carbocycles. The van der Waals surface area contributed by atoms with Crippen molar-refractivity contribution in [1.29, 1.82) is 0 Å². The summed E-state index contributed by atoms with van der Waals surface area (Å²) in [5, 5.41) is 16.9. The number of rotatable bonds is 6. The van der Waals surface area contributed by atoms with Gasteiger partial charge in [0.05, 0.1) is 7.11 Å². The maximum atomic E-state index is 9.56. The van der Waals surface area contributed by atoms with Crippen LogP contribution in [0.3, 0.4) is 0 Å². The van der Waals surface area contributed by atoms with Gasteiger partial charge in [-0.3, -0.25) is 0 Å². The van der Waals surface area contributed by atoms with Gasteiger partial charge in [0.25, 0.3) is 0 Å². The molecule has 0 spiro atoms. The van der Waals surface area contributed by atoms with Crippen LogP contribution in [-0.4, -0.2) is 34.9 Å². The minimum absolute atomic E-state index is 0.0913. The number of hydrogen-bond acceptors (Lipinski definition) is 6. The van der Waals surface area contributed by atoms with Crippen LogP contribution in [0, 0.1) is 0 Å². The SMILES string of the molecule is COc1cc(-c2noc(CCNC3CC3)n2)ccc1O. The third kappa shape index (κ3) is 2.91. The van der Waals surface area contributed by atoms with Gasteiger partial charge in [-0.25, -0.2) is 0 Å². The first kappa shape index (κ1) is 12.9. The van der Waals surface area contributed by atoms with Crippen LogP contribution in [0.2, 0.25) is 0 Å². The Morgan fingerprint density at radius 3 is 3.05 bits per heavy atom. The van der Waals surface area contributed by atoms with Gasteiger partial charge in [0.2, 0.25) is 11.7 Å².